The van der Waals surface area contributed by atoms with E-state index in [1.165, 1.54) is 56.8 Å². The van der Waals surface area contributed by atoms with Crippen molar-refractivity contribution in [3.8, 4) is 0 Å². The van der Waals surface area contributed by atoms with Crippen molar-refractivity contribution in [2.75, 3.05) is 0 Å². The first-order valence-electron chi connectivity index (χ1n) is 16.4. The standard InChI is InChI=1S/2C15H17.2C6H5.GeH2.Hf/c2*1-4-13-6-5-7-14(10-13)15-9-11(2)8-12(15)3;2*1-2-4-6-5-3-1;;/h2*5-7,9-11H,4H2,1-3H3;2*1-5H;1H2;. The van der Waals surface area contributed by atoms with Crippen molar-refractivity contribution >= 4 is 30.0 Å². The molecule has 6 rings (SSSR count). The molecule has 222 valence electrons. The minimum atomic E-state index is -4.63. The predicted molar refractivity (Wildman–Crippen MR) is 192 cm³/mol. The van der Waals surface area contributed by atoms with Crippen LogP contribution in [0.3, 0.4) is 0 Å². The molecule has 0 saturated carbocycles. The van der Waals surface area contributed by atoms with Gasteiger partial charge in [0, 0.05) is 0 Å². The monoisotopic (exact) mass is 804 g/mol. The van der Waals surface area contributed by atoms with Crippen molar-refractivity contribution in [3.05, 3.63) is 161 Å². The molecule has 0 radical (unpaired) electrons. The summed E-state index contributed by atoms with van der Waals surface area (Å²) in [6.45, 7) is 14.4. The third kappa shape index (κ3) is 4.81. The third-order valence-corrected chi connectivity index (χ3v) is 63.8. The van der Waals surface area contributed by atoms with Crippen LogP contribution >= 0.6 is 0 Å². The van der Waals surface area contributed by atoms with Crippen molar-refractivity contribution in [1.82, 2.24) is 0 Å². The first-order chi connectivity index (χ1) is 21.2. The fourth-order valence-corrected chi connectivity index (χ4v) is 65.2. The molecule has 44 heavy (non-hydrogen) atoms. The Balaban J connectivity index is 1.73. The van der Waals surface area contributed by atoms with E-state index in [1.54, 1.807) is 13.3 Å². The Morgan fingerprint density at radius 1 is 0.545 bits per heavy atom. The number of hydrogen-bond acceptors (Lipinski definition) is 0. The van der Waals surface area contributed by atoms with Crippen molar-refractivity contribution in [2.45, 2.75) is 54.4 Å². The maximum absolute atomic E-state index is 4.63. The predicted octanol–water partition coefficient (Wildman–Crippen LogP) is 9.01. The van der Waals surface area contributed by atoms with Gasteiger partial charge in [-0.1, -0.05) is 0 Å². The number of benzene rings is 4. The van der Waals surface area contributed by atoms with Gasteiger partial charge >= 0.3 is 273 Å². The van der Waals surface area contributed by atoms with Crippen molar-refractivity contribution < 1.29 is 15.4 Å². The van der Waals surface area contributed by atoms with Gasteiger partial charge in [0.25, 0.3) is 0 Å². The van der Waals surface area contributed by atoms with E-state index in [4.69, 9.17) is 0 Å². The van der Waals surface area contributed by atoms with Crippen molar-refractivity contribution in [2.24, 2.45) is 11.8 Å². The second-order valence-electron chi connectivity index (χ2n) is 13.1. The first kappa shape index (κ1) is 31.2. The van der Waals surface area contributed by atoms with Crippen LogP contribution in [0.15, 0.2) is 139 Å². The van der Waals surface area contributed by atoms with Crippen molar-refractivity contribution in [3.63, 3.8) is 0 Å². The molecule has 0 N–H and O–H groups in total. The van der Waals surface area contributed by atoms with Crippen LogP contribution in [0.25, 0.3) is 11.1 Å². The third-order valence-electron chi connectivity index (χ3n) is 10.7. The Morgan fingerprint density at radius 3 is 1.30 bits per heavy atom. The molecule has 0 aromatic heterocycles. The molecule has 0 nitrogen and oxygen atoms in total. The second kappa shape index (κ2) is 12.2. The van der Waals surface area contributed by atoms with E-state index in [1.807, 2.05) is 0 Å². The van der Waals surface area contributed by atoms with E-state index in [-0.39, 0.29) is 0 Å². The summed E-state index contributed by atoms with van der Waals surface area (Å²) in [5, 5.41) is 0. The molecule has 0 saturated heterocycles. The number of allylic oxidation sites excluding steroid dienone is 8. The molecule has 0 fully saturated rings. The van der Waals surface area contributed by atoms with Gasteiger partial charge in [-0.2, -0.15) is 0 Å². The topological polar surface area (TPSA) is 0 Å². The SMILES string of the molecule is CCc1cccc(C2=CC(C)[C]([Hf](=[GeH2])([C]3=C(C)C(c4cccc(CC)c4)=CC3C)([c]3ccccc3)[c]3ccccc3)=C2C)c1. The summed E-state index contributed by atoms with van der Waals surface area (Å²) >= 11 is -3.36. The fourth-order valence-electron chi connectivity index (χ4n) is 8.81. The van der Waals surface area contributed by atoms with E-state index in [9.17, 15) is 0 Å². The van der Waals surface area contributed by atoms with Gasteiger partial charge in [-0.3, -0.25) is 0 Å². The zero-order valence-electron chi connectivity index (χ0n) is 27.3. The molecular formula is C42H46GeHf. The normalized spacial score (nSPS) is 19.0. The molecule has 0 heterocycles. The average molecular weight is 802 g/mol. The van der Waals surface area contributed by atoms with Gasteiger partial charge in [0.05, 0.1) is 0 Å². The van der Waals surface area contributed by atoms with Gasteiger partial charge in [-0.15, -0.1) is 0 Å². The van der Waals surface area contributed by atoms with E-state index in [0.29, 0.717) is 11.8 Å². The molecule has 0 amide bonds. The Bertz CT molecular complexity index is 1780. The van der Waals surface area contributed by atoms with Crippen LogP contribution in [-0.4, -0.2) is 12.2 Å². The zero-order chi connectivity index (χ0) is 31.1. The molecule has 2 unspecified atom stereocenters. The molecular weight excluding hydrogens is 756 g/mol. The molecule has 2 atom stereocenters. The summed E-state index contributed by atoms with van der Waals surface area (Å²) in [6.07, 6.45) is 7.32. The average Bonchev–Trinajstić information content (AvgIpc) is 3.55. The summed E-state index contributed by atoms with van der Waals surface area (Å²) < 4.78 is 6.72. The number of rotatable bonds is 8. The molecule has 2 aliphatic carbocycles. The number of aryl methyl sites for hydroxylation is 2. The minimum absolute atomic E-state index is 0.375. The van der Waals surface area contributed by atoms with Gasteiger partial charge in [0.2, 0.25) is 0 Å². The number of hydrogen-bond donors (Lipinski definition) is 0. The summed E-state index contributed by atoms with van der Waals surface area (Å²) in [5.41, 5.74) is 11.5. The fraction of sp³-hybridized carbons (Fsp3) is 0.238. The quantitative estimate of drug-likeness (QED) is 0.156. The first-order valence-corrected chi connectivity index (χ1v) is 38.3. The molecule has 2 heteroatoms. The molecule has 0 bridgehead atoms. The van der Waals surface area contributed by atoms with Crippen LogP contribution in [0.2, 0.25) is 0 Å². The van der Waals surface area contributed by atoms with Gasteiger partial charge < -0.3 is 0 Å². The van der Waals surface area contributed by atoms with Crippen LogP contribution in [0.1, 0.15) is 63.8 Å². The van der Waals surface area contributed by atoms with E-state index in [0.717, 1.165) is 12.8 Å². The van der Waals surface area contributed by atoms with Gasteiger partial charge in [0.15, 0.2) is 0 Å². The van der Waals surface area contributed by atoms with Gasteiger partial charge in [-0.05, 0) is 0 Å². The summed E-state index contributed by atoms with van der Waals surface area (Å²) in [4.78, 5) is 0. The van der Waals surface area contributed by atoms with E-state index < -0.39 is 15.4 Å². The van der Waals surface area contributed by atoms with Crippen LogP contribution < -0.4 is 6.64 Å². The Hall–Kier alpha value is -2.75. The molecule has 0 aliphatic heterocycles. The Labute approximate surface area is 271 Å². The van der Waals surface area contributed by atoms with Crippen LogP contribution in [0.4, 0.5) is 0 Å². The summed E-state index contributed by atoms with van der Waals surface area (Å²) in [6, 6.07) is 42.1. The summed E-state index contributed by atoms with van der Waals surface area (Å²) in [7, 11) is 0. The maximum atomic E-state index is 2.60. The Morgan fingerprint density at radius 2 is 0.932 bits per heavy atom. The second-order valence-corrected chi connectivity index (χ2v) is 55.9. The van der Waals surface area contributed by atoms with E-state index in [2.05, 4.69) is 163 Å². The van der Waals surface area contributed by atoms with Crippen LogP contribution in [0.5, 0.6) is 0 Å². The molecule has 2 aliphatic rings. The summed E-state index contributed by atoms with van der Waals surface area (Å²) in [5.74, 6) is 0.750. The van der Waals surface area contributed by atoms with Gasteiger partial charge in [-0.25, -0.2) is 0 Å². The van der Waals surface area contributed by atoms with Crippen molar-refractivity contribution in [1.29, 1.82) is 0 Å². The van der Waals surface area contributed by atoms with Gasteiger partial charge in [0.1, 0.15) is 0 Å². The van der Waals surface area contributed by atoms with E-state index >= 15 is 0 Å². The molecule has 4 aromatic rings. The zero-order valence-corrected chi connectivity index (χ0v) is 33.9. The molecule has 0 spiro atoms. The Kier molecular flexibility index (Phi) is 8.67. The molecule has 4 aromatic carbocycles. The van der Waals surface area contributed by atoms with Crippen LogP contribution in [0, 0.1) is 11.8 Å². The van der Waals surface area contributed by atoms with Crippen LogP contribution in [-0.2, 0) is 28.2 Å².